The number of rotatable bonds is 3. The van der Waals surface area contributed by atoms with Gasteiger partial charge >= 0.3 is 0 Å². The molecule has 1 N–H and O–H groups in total. The van der Waals surface area contributed by atoms with Crippen LogP contribution in [0.1, 0.15) is 17.1 Å². The number of nitrogens with zero attached hydrogens (tertiary/aromatic N) is 3. The smallest absolute Gasteiger partial charge is 0.125 e. The molecule has 0 amide bonds. The Hall–Kier alpha value is -1.93. The van der Waals surface area contributed by atoms with Crippen molar-refractivity contribution in [2.45, 2.75) is 13.5 Å². The summed E-state index contributed by atoms with van der Waals surface area (Å²) in [5, 5.41) is 12.3. The van der Waals surface area contributed by atoms with Crippen LogP contribution in [0, 0.1) is 18.3 Å². The van der Waals surface area contributed by atoms with Crippen LogP contribution >= 0.6 is 15.9 Å². The van der Waals surface area contributed by atoms with E-state index in [9.17, 15) is 0 Å². The molecule has 1 aromatic carbocycles. The van der Waals surface area contributed by atoms with Crippen molar-refractivity contribution in [3.05, 3.63) is 52.0 Å². The quantitative estimate of drug-likeness (QED) is 0.946. The van der Waals surface area contributed by atoms with E-state index < -0.39 is 0 Å². The van der Waals surface area contributed by atoms with Crippen molar-refractivity contribution in [2.75, 3.05) is 5.32 Å². The summed E-state index contributed by atoms with van der Waals surface area (Å²) < 4.78 is 0.786. The molecule has 1 heterocycles. The maximum atomic E-state index is 9.09. The number of halogens is 1. The predicted molar refractivity (Wildman–Crippen MR) is 73.0 cm³/mol. The number of benzene rings is 1. The van der Waals surface area contributed by atoms with Crippen molar-refractivity contribution in [3.63, 3.8) is 0 Å². The van der Waals surface area contributed by atoms with Gasteiger partial charge in [-0.3, -0.25) is 0 Å². The van der Waals surface area contributed by atoms with Gasteiger partial charge in [0, 0.05) is 10.7 Å². The summed E-state index contributed by atoms with van der Waals surface area (Å²) in [6.07, 6.45) is 1.73. The second kappa shape index (κ2) is 5.61. The van der Waals surface area contributed by atoms with E-state index in [-0.39, 0.29) is 0 Å². The van der Waals surface area contributed by atoms with Crippen LogP contribution in [0.3, 0.4) is 0 Å². The van der Waals surface area contributed by atoms with E-state index in [4.69, 9.17) is 5.26 Å². The molecule has 0 bridgehead atoms. The van der Waals surface area contributed by atoms with Gasteiger partial charge in [0.25, 0.3) is 0 Å². The minimum atomic E-state index is 0.564. The van der Waals surface area contributed by atoms with Crippen LogP contribution in [-0.2, 0) is 6.54 Å². The molecule has 0 saturated heterocycles. The minimum absolute atomic E-state index is 0.564. The molecule has 5 heteroatoms. The molecule has 2 rings (SSSR count). The number of nitrogens with one attached hydrogen (secondary N) is 1. The zero-order valence-corrected chi connectivity index (χ0v) is 11.4. The van der Waals surface area contributed by atoms with Crippen molar-refractivity contribution >= 4 is 21.6 Å². The Morgan fingerprint density at radius 3 is 2.94 bits per heavy atom. The van der Waals surface area contributed by atoms with E-state index in [2.05, 4.69) is 37.3 Å². The van der Waals surface area contributed by atoms with Crippen LogP contribution in [0.5, 0.6) is 0 Å². The summed E-state index contributed by atoms with van der Waals surface area (Å²) in [4.78, 5) is 8.34. The first-order chi connectivity index (χ1) is 8.70. The summed E-state index contributed by atoms with van der Waals surface area (Å²) in [6, 6.07) is 9.63. The number of nitriles is 1. The first kappa shape index (κ1) is 12.5. The molecule has 2 aromatic rings. The molecule has 1 aromatic heterocycles. The normalized spacial score (nSPS) is 9.83. The first-order valence-corrected chi connectivity index (χ1v) is 6.21. The van der Waals surface area contributed by atoms with Crippen LogP contribution in [0.2, 0.25) is 0 Å². The minimum Gasteiger partial charge on any atom is -0.378 e. The van der Waals surface area contributed by atoms with Crippen molar-refractivity contribution in [1.29, 1.82) is 5.26 Å². The van der Waals surface area contributed by atoms with Gasteiger partial charge in [0.05, 0.1) is 23.5 Å². The van der Waals surface area contributed by atoms with Crippen molar-refractivity contribution in [2.24, 2.45) is 0 Å². The summed E-state index contributed by atoms with van der Waals surface area (Å²) in [5.74, 6) is 0.740. The van der Waals surface area contributed by atoms with Gasteiger partial charge in [-0.2, -0.15) is 5.26 Å². The van der Waals surface area contributed by atoms with E-state index in [0.29, 0.717) is 12.1 Å². The van der Waals surface area contributed by atoms with Crippen molar-refractivity contribution in [3.8, 4) is 6.07 Å². The van der Waals surface area contributed by atoms with Crippen molar-refractivity contribution in [1.82, 2.24) is 9.97 Å². The highest BCUT2D eigenvalue weighted by Crippen LogP contribution is 2.23. The fourth-order valence-electron chi connectivity index (χ4n) is 1.57. The zero-order chi connectivity index (χ0) is 13.0. The highest BCUT2D eigenvalue weighted by atomic mass is 79.9. The SMILES string of the molecule is Cc1nccc(CNc2cccc(Br)c2C#N)n1. The standard InChI is InChI=1S/C13H11BrN4/c1-9-16-6-5-10(18-9)8-17-13-4-2-3-12(14)11(13)7-15/h2-6,17H,8H2,1H3. The van der Waals surface area contributed by atoms with Crippen molar-refractivity contribution < 1.29 is 0 Å². The average Bonchev–Trinajstić information content (AvgIpc) is 2.36. The molecule has 0 fully saturated rings. The largest absolute Gasteiger partial charge is 0.378 e. The fourth-order valence-corrected chi connectivity index (χ4v) is 2.03. The Morgan fingerprint density at radius 1 is 1.39 bits per heavy atom. The Bertz CT molecular complexity index is 604. The van der Waals surface area contributed by atoms with Crippen LogP contribution in [0.15, 0.2) is 34.9 Å². The van der Waals surface area contributed by atoms with E-state index in [1.165, 1.54) is 0 Å². The summed E-state index contributed by atoms with van der Waals surface area (Å²) >= 11 is 3.36. The first-order valence-electron chi connectivity index (χ1n) is 5.41. The molecule has 18 heavy (non-hydrogen) atoms. The molecule has 0 radical (unpaired) electrons. The van der Waals surface area contributed by atoms with E-state index in [1.807, 2.05) is 31.2 Å². The summed E-state index contributed by atoms with van der Waals surface area (Å²) in [7, 11) is 0. The lowest BCUT2D eigenvalue weighted by Crippen LogP contribution is -2.04. The average molecular weight is 303 g/mol. The van der Waals surface area contributed by atoms with Gasteiger partial charge in [-0.15, -0.1) is 0 Å². The third-order valence-corrected chi connectivity index (χ3v) is 3.08. The van der Waals surface area contributed by atoms with Crippen LogP contribution in [0.25, 0.3) is 0 Å². The van der Waals surface area contributed by atoms with Gasteiger partial charge in [0.1, 0.15) is 11.9 Å². The molecule has 0 unspecified atom stereocenters. The predicted octanol–water partition coefficient (Wildman–Crippen LogP) is 3.03. The number of hydrogen-bond donors (Lipinski definition) is 1. The molecule has 0 aliphatic rings. The van der Waals surface area contributed by atoms with Gasteiger partial charge in [0.2, 0.25) is 0 Å². The van der Waals surface area contributed by atoms with Crippen LogP contribution in [-0.4, -0.2) is 9.97 Å². The van der Waals surface area contributed by atoms with Gasteiger partial charge in [-0.05, 0) is 41.1 Å². The molecule has 0 aliphatic heterocycles. The molecule has 90 valence electrons. The highest BCUT2D eigenvalue weighted by Gasteiger charge is 2.05. The Morgan fingerprint density at radius 2 is 2.22 bits per heavy atom. The third kappa shape index (κ3) is 2.84. The van der Waals surface area contributed by atoms with Gasteiger partial charge < -0.3 is 5.32 Å². The van der Waals surface area contributed by atoms with Gasteiger partial charge in [-0.25, -0.2) is 9.97 Å². The summed E-state index contributed by atoms with van der Waals surface area (Å²) in [6.45, 7) is 2.41. The fraction of sp³-hybridized carbons (Fsp3) is 0.154. The molecular formula is C13H11BrN4. The topological polar surface area (TPSA) is 61.6 Å². The number of aryl methyl sites for hydroxylation is 1. The maximum Gasteiger partial charge on any atom is 0.125 e. The second-order valence-corrected chi connectivity index (χ2v) is 4.58. The van der Waals surface area contributed by atoms with Crippen LogP contribution < -0.4 is 5.32 Å². The molecular weight excluding hydrogens is 292 g/mol. The lowest BCUT2D eigenvalue weighted by Gasteiger charge is -2.08. The van der Waals surface area contributed by atoms with Gasteiger partial charge in [-0.1, -0.05) is 6.07 Å². The number of hydrogen-bond acceptors (Lipinski definition) is 4. The van der Waals surface area contributed by atoms with E-state index in [0.717, 1.165) is 21.7 Å². The van der Waals surface area contributed by atoms with E-state index in [1.54, 1.807) is 6.20 Å². The Kier molecular flexibility index (Phi) is 3.90. The maximum absolute atomic E-state index is 9.09. The Balaban J connectivity index is 2.16. The lowest BCUT2D eigenvalue weighted by atomic mass is 10.2. The number of anilines is 1. The highest BCUT2D eigenvalue weighted by molar-refractivity contribution is 9.10. The lowest BCUT2D eigenvalue weighted by molar-refractivity contribution is 0.955. The molecule has 0 spiro atoms. The zero-order valence-electron chi connectivity index (χ0n) is 9.81. The monoisotopic (exact) mass is 302 g/mol. The van der Waals surface area contributed by atoms with E-state index >= 15 is 0 Å². The molecule has 4 nitrogen and oxygen atoms in total. The second-order valence-electron chi connectivity index (χ2n) is 3.72. The molecule has 0 atom stereocenters. The van der Waals surface area contributed by atoms with Crippen LogP contribution in [0.4, 0.5) is 5.69 Å². The third-order valence-electron chi connectivity index (χ3n) is 2.42. The van der Waals surface area contributed by atoms with Gasteiger partial charge in [0.15, 0.2) is 0 Å². The summed E-state index contributed by atoms with van der Waals surface area (Å²) in [5.41, 5.74) is 2.29. The Labute approximate surface area is 114 Å². The number of aromatic nitrogens is 2. The molecule has 0 aliphatic carbocycles. The molecule has 0 saturated carbocycles.